The maximum absolute atomic E-state index is 5.68. The zero-order valence-electron chi connectivity index (χ0n) is 7.52. The molecule has 2 N–H and O–H groups in total. The van der Waals surface area contributed by atoms with Crippen LogP contribution in [0.5, 0.6) is 0 Å². The summed E-state index contributed by atoms with van der Waals surface area (Å²) in [6, 6.07) is 10.9. The van der Waals surface area contributed by atoms with Crippen LogP contribution < -0.4 is 5.73 Å². The van der Waals surface area contributed by atoms with Crippen LogP contribution in [0, 0.1) is 0 Å². The summed E-state index contributed by atoms with van der Waals surface area (Å²) in [5.41, 5.74) is 7.06. The van der Waals surface area contributed by atoms with E-state index in [1.54, 1.807) is 0 Å². The molecule has 0 aromatic heterocycles. The van der Waals surface area contributed by atoms with Crippen molar-refractivity contribution in [2.45, 2.75) is 12.6 Å². The molecule has 2 nitrogen and oxygen atoms in total. The van der Waals surface area contributed by atoms with Gasteiger partial charge in [0.05, 0.1) is 0 Å². The van der Waals surface area contributed by atoms with E-state index in [4.69, 9.17) is 5.73 Å². The molecule has 0 unspecified atom stereocenters. The molecule has 1 fully saturated rings. The predicted octanol–water partition coefficient (Wildman–Crippen LogP) is 1.25. The second-order valence-electron chi connectivity index (χ2n) is 3.44. The van der Waals surface area contributed by atoms with Gasteiger partial charge in [0.1, 0.15) is 0 Å². The monoisotopic (exact) mass is 198 g/mol. The molecule has 0 atom stereocenters. The van der Waals surface area contributed by atoms with Crippen LogP contribution >= 0.6 is 12.4 Å². The molecule has 0 aliphatic carbocycles. The SMILES string of the molecule is Cl.NC1CN(Cc2ccccc2)C1. The fourth-order valence-electron chi connectivity index (χ4n) is 1.58. The average molecular weight is 199 g/mol. The molecule has 1 aliphatic heterocycles. The first-order valence-electron chi connectivity index (χ1n) is 4.36. The van der Waals surface area contributed by atoms with E-state index in [1.807, 2.05) is 6.07 Å². The third-order valence-electron chi connectivity index (χ3n) is 2.23. The molecule has 13 heavy (non-hydrogen) atoms. The minimum atomic E-state index is 0. The molecule has 3 heteroatoms. The summed E-state index contributed by atoms with van der Waals surface area (Å²) in [6.07, 6.45) is 0. The Morgan fingerprint density at radius 3 is 2.38 bits per heavy atom. The lowest BCUT2D eigenvalue weighted by molar-refractivity contribution is 0.142. The summed E-state index contributed by atoms with van der Waals surface area (Å²) in [5, 5.41) is 0. The molecule has 0 spiro atoms. The summed E-state index contributed by atoms with van der Waals surface area (Å²) in [4.78, 5) is 2.36. The van der Waals surface area contributed by atoms with Gasteiger partial charge in [0.2, 0.25) is 0 Å². The number of hydrogen-bond donors (Lipinski definition) is 1. The highest BCUT2D eigenvalue weighted by atomic mass is 35.5. The van der Waals surface area contributed by atoms with Gasteiger partial charge in [-0.15, -0.1) is 12.4 Å². The van der Waals surface area contributed by atoms with Gasteiger partial charge in [-0.1, -0.05) is 30.3 Å². The van der Waals surface area contributed by atoms with E-state index in [-0.39, 0.29) is 12.4 Å². The van der Waals surface area contributed by atoms with Gasteiger partial charge in [0.15, 0.2) is 0 Å². The van der Waals surface area contributed by atoms with Gasteiger partial charge >= 0.3 is 0 Å². The van der Waals surface area contributed by atoms with Gasteiger partial charge in [-0.25, -0.2) is 0 Å². The molecular weight excluding hydrogens is 184 g/mol. The summed E-state index contributed by atoms with van der Waals surface area (Å²) in [6.45, 7) is 3.15. The van der Waals surface area contributed by atoms with E-state index in [2.05, 4.69) is 29.2 Å². The molecule has 1 aliphatic rings. The van der Waals surface area contributed by atoms with Gasteiger partial charge in [-0.3, -0.25) is 4.90 Å². The fourth-order valence-corrected chi connectivity index (χ4v) is 1.58. The quantitative estimate of drug-likeness (QED) is 0.775. The predicted molar refractivity (Wildman–Crippen MR) is 56.9 cm³/mol. The zero-order chi connectivity index (χ0) is 8.39. The van der Waals surface area contributed by atoms with Crippen molar-refractivity contribution < 1.29 is 0 Å². The maximum Gasteiger partial charge on any atom is 0.0297 e. The molecule has 1 heterocycles. The molecule has 0 radical (unpaired) electrons. The van der Waals surface area contributed by atoms with E-state index in [0.717, 1.165) is 19.6 Å². The van der Waals surface area contributed by atoms with Crippen molar-refractivity contribution in [3.05, 3.63) is 35.9 Å². The maximum atomic E-state index is 5.68. The molecule has 0 amide bonds. The van der Waals surface area contributed by atoms with Crippen molar-refractivity contribution in [1.82, 2.24) is 4.90 Å². The smallest absolute Gasteiger partial charge is 0.0297 e. The van der Waals surface area contributed by atoms with Crippen LogP contribution in [0.4, 0.5) is 0 Å². The molecule has 1 aromatic carbocycles. The fraction of sp³-hybridized carbons (Fsp3) is 0.400. The standard InChI is InChI=1S/C10H14N2.ClH/c11-10-7-12(8-10)6-9-4-2-1-3-5-9;/h1-5,10H,6-8,11H2;1H. The Bertz CT molecular complexity index is 244. The average Bonchev–Trinajstić information content (AvgIpc) is 2.04. The Labute approximate surface area is 85.1 Å². The number of benzene rings is 1. The highest BCUT2D eigenvalue weighted by molar-refractivity contribution is 5.85. The van der Waals surface area contributed by atoms with Gasteiger partial charge in [-0.05, 0) is 5.56 Å². The number of halogens is 1. The Morgan fingerprint density at radius 1 is 1.23 bits per heavy atom. The van der Waals surface area contributed by atoms with Gasteiger partial charge in [-0.2, -0.15) is 0 Å². The molecule has 72 valence electrons. The van der Waals surface area contributed by atoms with Gasteiger partial charge in [0, 0.05) is 25.7 Å². The number of rotatable bonds is 2. The van der Waals surface area contributed by atoms with Gasteiger partial charge < -0.3 is 5.73 Å². The molecular formula is C10H15ClN2. The van der Waals surface area contributed by atoms with Crippen LogP contribution in [-0.4, -0.2) is 24.0 Å². The van der Waals surface area contributed by atoms with Gasteiger partial charge in [0.25, 0.3) is 0 Å². The molecule has 2 rings (SSSR count). The third-order valence-corrected chi connectivity index (χ3v) is 2.23. The topological polar surface area (TPSA) is 29.3 Å². The van der Waals surface area contributed by atoms with E-state index in [1.165, 1.54) is 5.56 Å². The molecule has 1 aromatic rings. The number of nitrogens with two attached hydrogens (primary N) is 1. The Morgan fingerprint density at radius 2 is 1.85 bits per heavy atom. The first-order valence-corrected chi connectivity index (χ1v) is 4.36. The first-order chi connectivity index (χ1) is 5.84. The largest absolute Gasteiger partial charge is 0.325 e. The van der Waals surface area contributed by atoms with Crippen molar-refractivity contribution >= 4 is 12.4 Å². The Balaban J connectivity index is 0.000000845. The Kier molecular flexibility index (Phi) is 3.72. The van der Waals surface area contributed by atoms with Crippen LogP contribution in [0.2, 0.25) is 0 Å². The van der Waals surface area contributed by atoms with E-state index >= 15 is 0 Å². The summed E-state index contributed by atoms with van der Waals surface area (Å²) in [7, 11) is 0. The normalized spacial score (nSPS) is 17.6. The van der Waals surface area contributed by atoms with E-state index in [9.17, 15) is 0 Å². The lowest BCUT2D eigenvalue weighted by Crippen LogP contribution is -2.54. The zero-order valence-corrected chi connectivity index (χ0v) is 8.33. The van der Waals surface area contributed by atoms with Crippen LogP contribution in [0.3, 0.4) is 0 Å². The molecule has 0 bridgehead atoms. The number of hydrogen-bond acceptors (Lipinski definition) is 2. The van der Waals surface area contributed by atoms with E-state index in [0.29, 0.717) is 6.04 Å². The summed E-state index contributed by atoms with van der Waals surface area (Å²) >= 11 is 0. The second-order valence-corrected chi connectivity index (χ2v) is 3.44. The van der Waals surface area contributed by atoms with Crippen molar-refractivity contribution in [2.75, 3.05) is 13.1 Å². The minimum Gasteiger partial charge on any atom is -0.325 e. The second kappa shape index (κ2) is 4.61. The van der Waals surface area contributed by atoms with Crippen molar-refractivity contribution in [3.63, 3.8) is 0 Å². The van der Waals surface area contributed by atoms with Crippen LogP contribution in [0.15, 0.2) is 30.3 Å². The minimum absolute atomic E-state index is 0. The lowest BCUT2D eigenvalue weighted by atomic mass is 10.1. The number of likely N-dealkylation sites (tertiary alicyclic amines) is 1. The molecule has 0 saturated carbocycles. The lowest BCUT2D eigenvalue weighted by Gasteiger charge is -2.36. The van der Waals surface area contributed by atoms with Crippen molar-refractivity contribution in [1.29, 1.82) is 0 Å². The third kappa shape index (κ3) is 2.69. The first kappa shape index (κ1) is 10.5. The van der Waals surface area contributed by atoms with Crippen LogP contribution in [0.1, 0.15) is 5.56 Å². The highest BCUT2D eigenvalue weighted by Gasteiger charge is 2.22. The van der Waals surface area contributed by atoms with Crippen molar-refractivity contribution in [3.8, 4) is 0 Å². The van der Waals surface area contributed by atoms with Crippen LogP contribution in [-0.2, 0) is 6.54 Å². The van der Waals surface area contributed by atoms with Crippen molar-refractivity contribution in [2.24, 2.45) is 5.73 Å². The number of nitrogens with zero attached hydrogens (tertiary/aromatic N) is 1. The Hall–Kier alpha value is -0.570. The van der Waals surface area contributed by atoms with E-state index < -0.39 is 0 Å². The highest BCUT2D eigenvalue weighted by Crippen LogP contribution is 2.10. The molecule has 1 saturated heterocycles. The summed E-state index contributed by atoms with van der Waals surface area (Å²) in [5.74, 6) is 0. The van der Waals surface area contributed by atoms with Crippen LogP contribution in [0.25, 0.3) is 0 Å². The summed E-state index contributed by atoms with van der Waals surface area (Å²) < 4.78 is 0.